The van der Waals surface area contributed by atoms with Crippen LogP contribution in [0.1, 0.15) is 31.9 Å². The lowest BCUT2D eigenvalue weighted by Gasteiger charge is -2.35. The van der Waals surface area contributed by atoms with Crippen LogP contribution in [0.25, 0.3) is 0 Å². The molecule has 1 amide bonds. The first-order valence-electron chi connectivity index (χ1n) is 9.54. The van der Waals surface area contributed by atoms with E-state index in [0.29, 0.717) is 5.56 Å². The Hall–Kier alpha value is -3.07. The number of carbonyl (C=O) groups excluding carboxylic acids is 1. The third-order valence-electron chi connectivity index (χ3n) is 5.33. The molecule has 0 aromatic heterocycles. The van der Waals surface area contributed by atoms with Crippen LogP contribution >= 0.6 is 0 Å². The van der Waals surface area contributed by atoms with Crippen molar-refractivity contribution in [1.29, 1.82) is 0 Å². The molecule has 0 unspecified atom stereocenters. The number of amides is 1. The van der Waals surface area contributed by atoms with Gasteiger partial charge in [0.05, 0.1) is 11.6 Å². The van der Waals surface area contributed by atoms with Gasteiger partial charge in [-0.2, -0.15) is 12.8 Å². The first-order valence-corrected chi connectivity index (χ1v) is 11.0. The molecular weight excluding hydrogens is 426 g/mol. The number of sulfonamides is 1. The molecule has 0 aliphatic carbocycles. The molecule has 9 heteroatoms. The summed E-state index contributed by atoms with van der Waals surface area (Å²) in [4.78, 5) is 14.4. The van der Waals surface area contributed by atoms with Crippen molar-refractivity contribution in [3.05, 3.63) is 76.6 Å². The maximum atomic E-state index is 14.6. The number of carbonyl (C=O) groups is 1. The molecule has 0 fully saturated rings. The van der Waals surface area contributed by atoms with Gasteiger partial charge in [0.25, 0.3) is 15.9 Å². The van der Waals surface area contributed by atoms with E-state index in [0.717, 1.165) is 6.07 Å². The van der Waals surface area contributed by atoms with Crippen molar-refractivity contribution in [3.63, 3.8) is 0 Å². The van der Waals surface area contributed by atoms with Crippen LogP contribution in [0.5, 0.6) is 0 Å². The minimum atomic E-state index is -4.21. The SMILES string of the molecule is CC(C)(C)[C@H]1C(O)=C(C2=NS(=O)(=O)c3cccc(F)c32)C(=O)N1Cc1ccc(F)cc1. The highest BCUT2D eigenvalue weighted by molar-refractivity contribution is 7.90. The topological polar surface area (TPSA) is 87.0 Å². The summed E-state index contributed by atoms with van der Waals surface area (Å²) in [6, 6.07) is 8.26. The second kappa shape index (κ2) is 6.98. The second-order valence-corrected chi connectivity index (χ2v) is 10.2. The van der Waals surface area contributed by atoms with Gasteiger partial charge in [-0.1, -0.05) is 39.0 Å². The van der Waals surface area contributed by atoms with Gasteiger partial charge in [-0.05, 0) is 35.2 Å². The lowest BCUT2D eigenvalue weighted by Crippen LogP contribution is -2.43. The van der Waals surface area contributed by atoms with Gasteiger partial charge < -0.3 is 10.0 Å². The molecule has 0 bridgehead atoms. The van der Waals surface area contributed by atoms with Gasteiger partial charge in [0.1, 0.15) is 33.6 Å². The molecule has 2 aromatic rings. The van der Waals surface area contributed by atoms with Gasteiger partial charge in [-0.3, -0.25) is 4.79 Å². The van der Waals surface area contributed by atoms with Crippen LogP contribution in [-0.2, 0) is 21.4 Å². The molecule has 31 heavy (non-hydrogen) atoms. The van der Waals surface area contributed by atoms with E-state index in [1.54, 1.807) is 0 Å². The minimum Gasteiger partial charge on any atom is -0.509 e. The standard InChI is InChI=1S/C22H20F2N2O4S/c1-22(2,3)20-19(27)17(21(28)26(20)11-12-7-9-13(23)10-8-12)18-16-14(24)5-4-6-15(16)31(29,30)25-18/h4-10,20,27H,11H2,1-3H3/t20-/m1/s1. The molecular formula is C22H20F2N2O4S. The Morgan fingerprint density at radius 3 is 2.35 bits per heavy atom. The fourth-order valence-electron chi connectivity index (χ4n) is 4.04. The zero-order valence-electron chi connectivity index (χ0n) is 17.1. The highest BCUT2D eigenvalue weighted by Gasteiger charge is 2.49. The van der Waals surface area contributed by atoms with Crippen molar-refractivity contribution in [1.82, 2.24) is 4.90 Å². The maximum absolute atomic E-state index is 14.6. The summed E-state index contributed by atoms with van der Waals surface area (Å²) in [6.07, 6.45) is 0. The number of aliphatic hydroxyl groups is 1. The Bertz CT molecular complexity index is 1260. The lowest BCUT2D eigenvalue weighted by molar-refractivity contribution is -0.129. The Morgan fingerprint density at radius 1 is 1.10 bits per heavy atom. The highest BCUT2D eigenvalue weighted by Crippen LogP contribution is 2.41. The van der Waals surface area contributed by atoms with Crippen molar-refractivity contribution in [2.24, 2.45) is 9.81 Å². The van der Waals surface area contributed by atoms with E-state index in [9.17, 15) is 27.1 Å². The number of rotatable bonds is 3. The molecule has 0 radical (unpaired) electrons. The van der Waals surface area contributed by atoms with Crippen LogP contribution in [0.15, 0.2) is 63.1 Å². The normalized spacial score (nSPS) is 20.3. The van der Waals surface area contributed by atoms with Crippen molar-refractivity contribution in [2.75, 3.05) is 0 Å². The molecule has 0 spiro atoms. The van der Waals surface area contributed by atoms with E-state index >= 15 is 0 Å². The molecule has 2 aliphatic heterocycles. The van der Waals surface area contributed by atoms with E-state index in [-0.39, 0.29) is 28.3 Å². The predicted molar refractivity (Wildman–Crippen MR) is 110 cm³/mol. The Morgan fingerprint density at radius 2 is 1.74 bits per heavy atom. The lowest BCUT2D eigenvalue weighted by atomic mass is 9.84. The molecule has 0 saturated heterocycles. The summed E-state index contributed by atoms with van der Waals surface area (Å²) in [5.41, 5.74) is -1.09. The zero-order chi connectivity index (χ0) is 22.7. The fourth-order valence-corrected chi connectivity index (χ4v) is 5.26. The number of benzene rings is 2. The average Bonchev–Trinajstić information content (AvgIpc) is 3.07. The number of fused-ring (bicyclic) bond motifs is 1. The summed E-state index contributed by atoms with van der Waals surface area (Å²) < 4.78 is 56.4. The van der Waals surface area contributed by atoms with Crippen LogP contribution < -0.4 is 0 Å². The van der Waals surface area contributed by atoms with Gasteiger partial charge in [-0.25, -0.2) is 8.78 Å². The van der Waals surface area contributed by atoms with Gasteiger partial charge >= 0.3 is 0 Å². The summed E-state index contributed by atoms with van der Waals surface area (Å²) in [5.74, 6) is -2.32. The van der Waals surface area contributed by atoms with Crippen molar-refractivity contribution in [2.45, 2.75) is 38.3 Å². The molecule has 4 rings (SSSR count). The number of aliphatic hydroxyl groups excluding tert-OH is 1. The van der Waals surface area contributed by atoms with Crippen molar-refractivity contribution in [3.8, 4) is 0 Å². The number of hydrogen-bond acceptors (Lipinski definition) is 4. The number of nitrogens with zero attached hydrogens (tertiary/aromatic N) is 2. The molecule has 0 saturated carbocycles. The summed E-state index contributed by atoms with van der Waals surface area (Å²) in [7, 11) is -4.21. The molecule has 2 heterocycles. The number of hydrogen-bond donors (Lipinski definition) is 1. The minimum absolute atomic E-state index is 0.0404. The quantitative estimate of drug-likeness (QED) is 0.779. The van der Waals surface area contributed by atoms with Crippen molar-refractivity contribution >= 4 is 21.6 Å². The van der Waals surface area contributed by atoms with E-state index < -0.39 is 44.7 Å². The van der Waals surface area contributed by atoms with Crippen LogP contribution in [0, 0.1) is 17.0 Å². The summed E-state index contributed by atoms with van der Waals surface area (Å²) >= 11 is 0. The first-order chi connectivity index (χ1) is 14.4. The van der Waals surface area contributed by atoms with E-state index in [1.807, 2.05) is 20.8 Å². The fraction of sp³-hybridized carbons (Fsp3) is 0.273. The molecule has 2 aromatic carbocycles. The maximum Gasteiger partial charge on any atom is 0.283 e. The molecule has 1 atom stereocenters. The van der Waals surface area contributed by atoms with Crippen LogP contribution in [-0.4, -0.2) is 36.1 Å². The van der Waals surface area contributed by atoms with E-state index in [4.69, 9.17) is 0 Å². The van der Waals surface area contributed by atoms with Gasteiger partial charge in [0, 0.05) is 6.54 Å². The highest BCUT2D eigenvalue weighted by atomic mass is 32.2. The molecule has 162 valence electrons. The third-order valence-corrected chi connectivity index (χ3v) is 6.65. The Balaban J connectivity index is 1.85. The van der Waals surface area contributed by atoms with Crippen LogP contribution in [0.3, 0.4) is 0 Å². The monoisotopic (exact) mass is 446 g/mol. The summed E-state index contributed by atoms with van der Waals surface area (Å²) in [5, 5.41) is 11.1. The first kappa shape index (κ1) is 21.2. The zero-order valence-corrected chi connectivity index (χ0v) is 17.9. The average molecular weight is 446 g/mol. The van der Waals surface area contributed by atoms with Gasteiger partial charge in [-0.15, -0.1) is 0 Å². The second-order valence-electron chi connectivity index (χ2n) is 8.62. The van der Waals surface area contributed by atoms with Crippen LogP contribution in [0.2, 0.25) is 0 Å². The van der Waals surface area contributed by atoms with E-state index in [2.05, 4.69) is 4.40 Å². The van der Waals surface area contributed by atoms with Gasteiger partial charge in [0.15, 0.2) is 0 Å². The Kier molecular flexibility index (Phi) is 4.77. The largest absolute Gasteiger partial charge is 0.509 e. The predicted octanol–water partition coefficient (Wildman–Crippen LogP) is 3.73. The summed E-state index contributed by atoms with van der Waals surface area (Å²) in [6.45, 7) is 5.47. The third kappa shape index (κ3) is 3.42. The van der Waals surface area contributed by atoms with Crippen molar-refractivity contribution < 1.29 is 27.1 Å². The van der Waals surface area contributed by atoms with Crippen LogP contribution in [0.4, 0.5) is 8.78 Å². The molecule has 1 N–H and O–H groups in total. The smallest absolute Gasteiger partial charge is 0.283 e. The van der Waals surface area contributed by atoms with Gasteiger partial charge in [0.2, 0.25) is 0 Å². The number of halogens is 2. The Labute approximate surface area is 178 Å². The van der Waals surface area contributed by atoms with E-state index in [1.165, 1.54) is 41.3 Å². The molecule has 2 aliphatic rings. The molecule has 6 nitrogen and oxygen atoms in total.